The Morgan fingerprint density at radius 3 is 2.27 bits per heavy atom. The Bertz CT molecular complexity index is 366. The van der Waals surface area contributed by atoms with Crippen LogP contribution in [0.5, 0.6) is 0 Å². The summed E-state index contributed by atoms with van der Waals surface area (Å²) in [7, 11) is 3.44. The van der Waals surface area contributed by atoms with Crippen LogP contribution in [0.1, 0.15) is 11.7 Å². The number of hydrogen-bond donors (Lipinski definition) is 1. The minimum absolute atomic E-state index is 0.173. The van der Waals surface area contributed by atoms with E-state index in [9.17, 15) is 9.90 Å². The van der Waals surface area contributed by atoms with Crippen molar-refractivity contribution in [3.8, 4) is 0 Å². The molecule has 80 valence electrons. The first kappa shape index (κ1) is 10.1. The third-order valence-electron chi connectivity index (χ3n) is 2.80. The zero-order valence-electron chi connectivity index (χ0n) is 8.79. The molecule has 1 aromatic rings. The van der Waals surface area contributed by atoms with Crippen molar-refractivity contribution in [2.24, 2.45) is 0 Å². The fourth-order valence-corrected chi connectivity index (χ4v) is 1.97. The van der Waals surface area contributed by atoms with Gasteiger partial charge in [0.2, 0.25) is 0 Å². The molecule has 2 rings (SSSR count). The lowest BCUT2D eigenvalue weighted by Gasteiger charge is -2.25. The molecular formula is C11H14N2O2. The van der Waals surface area contributed by atoms with Crippen molar-refractivity contribution in [3.63, 3.8) is 0 Å². The molecule has 15 heavy (non-hydrogen) atoms. The van der Waals surface area contributed by atoms with Gasteiger partial charge in [-0.1, -0.05) is 30.3 Å². The van der Waals surface area contributed by atoms with Crippen LogP contribution >= 0.6 is 0 Å². The second kappa shape index (κ2) is 3.64. The van der Waals surface area contributed by atoms with E-state index in [1.807, 2.05) is 30.3 Å². The van der Waals surface area contributed by atoms with Gasteiger partial charge in [-0.3, -0.25) is 4.79 Å². The molecule has 1 aliphatic heterocycles. The zero-order valence-corrected chi connectivity index (χ0v) is 8.79. The van der Waals surface area contributed by atoms with Crippen molar-refractivity contribution in [2.45, 2.75) is 12.4 Å². The van der Waals surface area contributed by atoms with Crippen molar-refractivity contribution < 1.29 is 9.90 Å². The molecule has 1 aromatic carbocycles. The molecule has 0 radical (unpaired) electrons. The lowest BCUT2D eigenvalue weighted by atomic mass is 10.1. The Kier molecular flexibility index (Phi) is 2.46. The van der Waals surface area contributed by atoms with E-state index in [1.54, 1.807) is 23.9 Å². The van der Waals surface area contributed by atoms with Gasteiger partial charge >= 0.3 is 0 Å². The van der Waals surface area contributed by atoms with Crippen molar-refractivity contribution >= 4 is 5.91 Å². The number of aliphatic hydroxyl groups excluding tert-OH is 1. The quantitative estimate of drug-likeness (QED) is 0.723. The summed E-state index contributed by atoms with van der Waals surface area (Å²) in [6.45, 7) is 0. The SMILES string of the molecule is CN1C(=O)C(O)N(C)C1c1ccccc1. The van der Waals surface area contributed by atoms with E-state index in [0.717, 1.165) is 5.56 Å². The van der Waals surface area contributed by atoms with Crippen LogP contribution in [-0.4, -0.2) is 41.1 Å². The molecule has 0 aromatic heterocycles. The normalized spacial score (nSPS) is 27.4. The Balaban J connectivity index is 2.35. The highest BCUT2D eigenvalue weighted by atomic mass is 16.3. The van der Waals surface area contributed by atoms with Crippen LogP contribution < -0.4 is 0 Å². The second-order valence-electron chi connectivity index (χ2n) is 3.77. The van der Waals surface area contributed by atoms with Crippen LogP contribution in [0.15, 0.2) is 30.3 Å². The van der Waals surface area contributed by atoms with Crippen molar-refractivity contribution in [3.05, 3.63) is 35.9 Å². The fourth-order valence-electron chi connectivity index (χ4n) is 1.97. The molecule has 1 saturated heterocycles. The molecule has 2 unspecified atom stereocenters. The third kappa shape index (κ3) is 1.52. The molecule has 0 aliphatic carbocycles. The Labute approximate surface area is 88.7 Å². The number of likely N-dealkylation sites (N-methyl/N-ethyl adjacent to an activating group) is 2. The second-order valence-corrected chi connectivity index (χ2v) is 3.77. The minimum Gasteiger partial charge on any atom is -0.370 e. The van der Waals surface area contributed by atoms with Gasteiger partial charge in [-0.15, -0.1) is 0 Å². The third-order valence-corrected chi connectivity index (χ3v) is 2.80. The fraction of sp³-hybridized carbons (Fsp3) is 0.364. The first-order valence-corrected chi connectivity index (χ1v) is 4.84. The molecule has 1 heterocycles. The summed E-state index contributed by atoms with van der Waals surface area (Å²) in [5, 5.41) is 9.60. The van der Waals surface area contributed by atoms with Gasteiger partial charge in [-0.2, -0.15) is 0 Å². The summed E-state index contributed by atoms with van der Waals surface area (Å²) in [6, 6.07) is 9.67. The lowest BCUT2D eigenvalue weighted by molar-refractivity contribution is -0.135. The van der Waals surface area contributed by atoms with E-state index >= 15 is 0 Å². The summed E-state index contributed by atoms with van der Waals surface area (Å²) in [6.07, 6.45) is -1.20. The Morgan fingerprint density at radius 2 is 1.80 bits per heavy atom. The molecule has 1 N–H and O–H groups in total. The summed E-state index contributed by atoms with van der Waals surface area (Å²) < 4.78 is 0. The lowest BCUT2D eigenvalue weighted by Crippen LogP contribution is -2.30. The molecule has 4 nitrogen and oxygen atoms in total. The van der Waals surface area contributed by atoms with Gasteiger partial charge in [0.1, 0.15) is 6.17 Å². The average molecular weight is 206 g/mol. The highest BCUT2D eigenvalue weighted by molar-refractivity contribution is 5.82. The Hall–Kier alpha value is -1.39. The van der Waals surface area contributed by atoms with Crippen LogP contribution in [0.3, 0.4) is 0 Å². The minimum atomic E-state index is -1.03. The van der Waals surface area contributed by atoms with Gasteiger partial charge in [0.05, 0.1) is 0 Å². The van der Waals surface area contributed by atoms with E-state index in [0.29, 0.717) is 0 Å². The largest absolute Gasteiger partial charge is 0.370 e. The highest BCUT2D eigenvalue weighted by Gasteiger charge is 2.41. The average Bonchev–Trinajstić information content (AvgIpc) is 2.45. The van der Waals surface area contributed by atoms with Crippen molar-refractivity contribution in [1.29, 1.82) is 0 Å². The van der Waals surface area contributed by atoms with E-state index in [1.165, 1.54) is 0 Å². The maximum absolute atomic E-state index is 11.5. The van der Waals surface area contributed by atoms with Crippen LogP contribution in [0.2, 0.25) is 0 Å². The Morgan fingerprint density at radius 1 is 1.20 bits per heavy atom. The van der Waals surface area contributed by atoms with Crippen LogP contribution in [0.25, 0.3) is 0 Å². The molecular weight excluding hydrogens is 192 g/mol. The number of amides is 1. The van der Waals surface area contributed by atoms with E-state index in [2.05, 4.69) is 0 Å². The molecule has 1 amide bonds. The van der Waals surface area contributed by atoms with E-state index in [4.69, 9.17) is 0 Å². The predicted molar refractivity (Wildman–Crippen MR) is 55.7 cm³/mol. The molecule has 2 atom stereocenters. The number of carbonyl (C=O) groups excluding carboxylic acids is 1. The number of rotatable bonds is 1. The monoisotopic (exact) mass is 206 g/mol. The van der Waals surface area contributed by atoms with Crippen LogP contribution in [0.4, 0.5) is 0 Å². The number of benzene rings is 1. The topological polar surface area (TPSA) is 43.8 Å². The first-order valence-electron chi connectivity index (χ1n) is 4.84. The number of carbonyl (C=O) groups is 1. The van der Waals surface area contributed by atoms with Crippen molar-refractivity contribution in [1.82, 2.24) is 9.80 Å². The van der Waals surface area contributed by atoms with Crippen LogP contribution in [0, 0.1) is 0 Å². The molecule has 1 fully saturated rings. The predicted octanol–water partition coefficient (Wildman–Crippen LogP) is 0.407. The molecule has 0 saturated carbocycles. The molecule has 0 spiro atoms. The highest BCUT2D eigenvalue weighted by Crippen LogP contribution is 2.30. The summed E-state index contributed by atoms with van der Waals surface area (Å²) in [5.41, 5.74) is 1.01. The molecule has 1 aliphatic rings. The van der Waals surface area contributed by atoms with Crippen molar-refractivity contribution in [2.75, 3.05) is 14.1 Å². The maximum atomic E-state index is 11.5. The summed E-state index contributed by atoms with van der Waals surface area (Å²) in [5.74, 6) is -0.258. The number of aliphatic hydroxyl groups is 1. The van der Waals surface area contributed by atoms with Gasteiger partial charge in [0.15, 0.2) is 6.23 Å². The van der Waals surface area contributed by atoms with Gasteiger partial charge in [-0.05, 0) is 12.6 Å². The molecule has 0 bridgehead atoms. The first-order chi connectivity index (χ1) is 7.13. The van der Waals surface area contributed by atoms with Gasteiger partial charge in [0.25, 0.3) is 5.91 Å². The summed E-state index contributed by atoms with van der Waals surface area (Å²) in [4.78, 5) is 14.7. The van der Waals surface area contributed by atoms with Gasteiger partial charge < -0.3 is 10.0 Å². The van der Waals surface area contributed by atoms with Gasteiger partial charge in [-0.25, -0.2) is 4.90 Å². The zero-order chi connectivity index (χ0) is 11.0. The standard InChI is InChI=1S/C11H14N2O2/c1-12-9(8-6-4-3-5-7-8)13(2)11(15)10(12)14/h3-7,9-10,14H,1-2H3. The van der Waals surface area contributed by atoms with E-state index in [-0.39, 0.29) is 12.1 Å². The summed E-state index contributed by atoms with van der Waals surface area (Å²) >= 11 is 0. The van der Waals surface area contributed by atoms with Gasteiger partial charge in [0, 0.05) is 7.05 Å². The van der Waals surface area contributed by atoms with E-state index < -0.39 is 6.23 Å². The molecule has 4 heteroatoms. The smallest absolute Gasteiger partial charge is 0.268 e. The van der Waals surface area contributed by atoms with Crippen LogP contribution in [-0.2, 0) is 4.79 Å². The maximum Gasteiger partial charge on any atom is 0.268 e. The number of hydrogen-bond acceptors (Lipinski definition) is 3. The number of nitrogens with zero attached hydrogens (tertiary/aromatic N) is 2.